The lowest BCUT2D eigenvalue weighted by Gasteiger charge is -2.17. The Morgan fingerprint density at radius 3 is 2.33 bits per heavy atom. The summed E-state index contributed by atoms with van der Waals surface area (Å²) in [5.74, 6) is 1.04. The number of nitrogens with zero attached hydrogens (tertiary/aromatic N) is 1. The number of allylic oxidation sites excluding steroid dienone is 1. The highest BCUT2D eigenvalue weighted by Gasteiger charge is 2.08. The summed E-state index contributed by atoms with van der Waals surface area (Å²) >= 11 is 0. The van der Waals surface area contributed by atoms with E-state index >= 15 is 0 Å². The Morgan fingerprint density at radius 2 is 1.67 bits per heavy atom. The Labute approximate surface area is 108 Å². The summed E-state index contributed by atoms with van der Waals surface area (Å²) in [6, 6.07) is 8.67. The van der Waals surface area contributed by atoms with Crippen LogP contribution in [0.25, 0.3) is 5.70 Å². The molecular weight excluding hydrogens is 222 g/mol. The normalized spacial score (nSPS) is 19.3. The molecule has 1 aromatic carbocycles. The van der Waals surface area contributed by atoms with Gasteiger partial charge in [-0.15, -0.1) is 0 Å². The van der Waals surface area contributed by atoms with Crippen molar-refractivity contribution >= 4 is 11.5 Å². The van der Waals surface area contributed by atoms with Crippen molar-refractivity contribution in [1.29, 1.82) is 0 Å². The van der Waals surface area contributed by atoms with Crippen LogP contribution in [0.5, 0.6) is 0 Å². The monoisotopic (exact) mass is 241 g/mol. The second-order valence-corrected chi connectivity index (χ2v) is 4.77. The molecule has 0 bridgehead atoms. The van der Waals surface area contributed by atoms with Gasteiger partial charge in [0.15, 0.2) is 0 Å². The highest BCUT2D eigenvalue weighted by molar-refractivity contribution is 5.99. The molecule has 0 fully saturated rings. The molecule has 2 aliphatic heterocycles. The predicted octanol–water partition coefficient (Wildman–Crippen LogP) is 2.15. The van der Waals surface area contributed by atoms with Gasteiger partial charge in [0.25, 0.3) is 0 Å². The van der Waals surface area contributed by atoms with Crippen molar-refractivity contribution < 1.29 is 0 Å². The minimum Gasteiger partial charge on any atom is -0.385 e. The third-order valence-electron chi connectivity index (χ3n) is 3.41. The fraction of sp³-hybridized carbons (Fsp3) is 0.400. The molecule has 0 aliphatic carbocycles. The molecule has 0 amide bonds. The van der Waals surface area contributed by atoms with E-state index in [9.17, 15) is 0 Å². The van der Waals surface area contributed by atoms with E-state index in [2.05, 4.69) is 46.0 Å². The summed E-state index contributed by atoms with van der Waals surface area (Å²) in [7, 11) is 0. The fourth-order valence-electron chi connectivity index (χ4n) is 2.40. The third-order valence-corrected chi connectivity index (χ3v) is 3.41. The van der Waals surface area contributed by atoms with Crippen LogP contribution in [0.15, 0.2) is 35.3 Å². The Morgan fingerprint density at radius 1 is 0.889 bits per heavy atom. The van der Waals surface area contributed by atoms with Crippen LogP contribution >= 0.6 is 0 Å². The number of hydrogen-bond donors (Lipinski definition) is 2. The number of hydrogen-bond acceptors (Lipinski definition) is 3. The number of nitrogens with one attached hydrogen (secondary N) is 2. The minimum atomic E-state index is 0.941. The third kappa shape index (κ3) is 2.40. The fourth-order valence-corrected chi connectivity index (χ4v) is 2.40. The molecule has 0 spiro atoms. The van der Waals surface area contributed by atoms with Gasteiger partial charge in [-0.2, -0.15) is 0 Å². The van der Waals surface area contributed by atoms with Gasteiger partial charge in [-0.1, -0.05) is 30.3 Å². The molecule has 1 aromatic rings. The Bertz CT molecular complexity index is 426. The number of rotatable bonds is 2. The molecule has 0 aromatic heterocycles. The van der Waals surface area contributed by atoms with Crippen LogP contribution in [0.4, 0.5) is 0 Å². The molecular formula is C15H19N3. The molecule has 0 saturated carbocycles. The average Bonchev–Trinajstić information content (AvgIpc) is 2.49. The van der Waals surface area contributed by atoms with Crippen molar-refractivity contribution in [2.24, 2.45) is 4.99 Å². The van der Waals surface area contributed by atoms with Gasteiger partial charge in [0.1, 0.15) is 5.84 Å². The van der Waals surface area contributed by atoms with Crippen LogP contribution in [0.3, 0.4) is 0 Å². The van der Waals surface area contributed by atoms with Crippen molar-refractivity contribution in [3.63, 3.8) is 0 Å². The van der Waals surface area contributed by atoms with E-state index in [0.29, 0.717) is 0 Å². The quantitative estimate of drug-likeness (QED) is 0.832. The van der Waals surface area contributed by atoms with Gasteiger partial charge in [-0.05, 0) is 24.8 Å². The van der Waals surface area contributed by atoms with E-state index in [1.807, 2.05) is 0 Å². The van der Waals surface area contributed by atoms with Crippen molar-refractivity contribution in [3.8, 4) is 0 Å². The van der Waals surface area contributed by atoms with Crippen LogP contribution in [0.2, 0.25) is 0 Å². The van der Waals surface area contributed by atoms with Gasteiger partial charge >= 0.3 is 0 Å². The van der Waals surface area contributed by atoms with Gasteiger partial charge in [0.05, 0.1) is 0 Å². The maximum atomic E-state index is 4.52. The second-order valence-electron chi connectivity index (χ2n) is 4.77. The molecule has 0 unspecified atom stereocenters. The summed E-state index contributed by atoms with van der Waals surface area (Å²) in [6.07, 6.45) is 5.84. The van der Waals surface area contributed by atoms with E-state index in [-0.39, 0.29) is 0 Å². The van der Waals surface area contributed by atoms with Crippen molar-refractivity contribution in [1.82, 2.24) is 10.6 Å². The number of amidine groups is 1. The first-order valence-electron chi connectivity index (χ1n) is 6.77. The second kappa shape index (κ2) is 5.25. The topological polar surface area (TPSA) is 36.4 Å². The zero-order valence-corrected chi connectivity index (χ0v) is 10.6. The number of aliphatic imine (C=N–C) groups is 1. The summed E-state index contributed by atoms with van der Waals surface area (Å²) in [4.78, 5) is 4.52. The van der Waals surface area contributed by atoms with Gasteiger partial charge in [-0.25, -0.2) is 0 Å². The highest BCUT2D eigenvalue weighted by atomic mass is 15.0. The molecule has 0 radical (unpaired) electrons. The average molecular weight is 241 g/mol. The van der Waals surface area contributed by atoms with Crippen molar-refractivity contribution in [2.45, 2.75) is 19.3 Å². The summed E-state index contributed by atoms with van der Waals surface area (Å²) in [6.45, 7) is 3.06. The predicted molar refractivity (Wildman–Crippen MR) is 75.7 cm³/mol. The maximum Gasteiger partial charge on any atom is 0.128 e. The maximum absolute atomic E-state index is 4.52. The molecule has 18 heavy (non-hydrogen) atoms. The Hall–Kier alpha value is -1.77. The largest absolute Gasteiger partial charge is 0.385 e. The minimum absolute atomic E-state index is 0.941. The first-order chi connectivity index (χ1) is 8.93. The number of benzene rings is 1. The highest BCUT2D eigenvalue weighted by Crippen LogP contribution is 2.17. The molecule has 2 N–H and O–H groups in total. The standard InChI is InChI=1S/C15H19N3/c1-2-9-16-14(4-1)12-5-7-13(8-6-12)15-17-10-3-11-18-15/h4-8,16H,1-3,9-11H2,(H,17,18). The van der Waals surface area contributed by atoms with E-state index < -0.39 is 0 Å². The van der Waals surface area contributed by atoms with Gasteiger partial charge < -0.3 is 10.6 Å². The van der Waals surface area contributed by atoms with E-state index in [4.69, 9.17) is 0 Å². The lowest BCUT2D eigenvalue weighted by molar-refractivity contribution is 0.741. The first-order valence-corrected chi connectivity index (χ1v) is 6.77. The molecule has 2 heterocycles. The molecule has 3 heteroatoms. The summed E-state index contributed by atoms with van der Waals surface area (Å²) in [5, 5.41) is 6.80. The molecule has 94 valence electrons. The lowest BCUT2D eigenvalue weighted by atomic mass is 10.0. The Balaban J connectivity index is 1.80. The van der Waals surface area contributed by atoms with Crippen molar-refractivity contribution in [2.75, 3.05) is 19.6 Å². The zero-order valence-electron chi connectivity index (χ0n) is 10.6. The summed E-state index contributed by atoms with van der Waals surface area (Å²) < 4.78 is 0. The molecule has 0 saturated heterocycles. The van der Waals surface area contributed by atoms with E-state index in [1.165, 1.54) is 29.7 Å². The molecule has 2 aliphatic rings. The van der Waals surface area contributed by atoms with Gasteiger partial charge in [0, 0.05) is 30.9 Å². The van der Waals surface area contributed by atoms with Crippen LogP contribution < -0.4 is 10.6 Å². The van der Waals surface area contributed by atoms with Gasteiger partial charge in [0.2, 0.25) is 0 Å². The van der Waals surface area contributed by atoms with Crippen LogP contribution in [0.1, 0.15) is 30.4 Å². The SMILES string of the molecule is C1=C(c2ccc(C3=NCCCN3)cc2)NCCC1. The summed E-state index contributed by atoms with van der Waals surface area (Å²) in [5.41, 5.74) is 3.73. The van der Waals surface area contributed by atoms with Crippen LogP contribution in [-0.2, 0) is 0 Å². The van der Waals surface area contributed by atoms with Crippen LogP contribution in [0, 0.1) is 0 Å². The lowest BCUT2D eigenvalue weighted by Crippen LogP contribution is -2.30. The first kappa shape index (κ1) is 11.3. The zero-order chi connectivity index (χ0) is 12.2. The molecule has 3 rings (SSSR count). The van der Waals surface area contributed by atoms with Gasteiger partial charge in [-0.3, -0.25) is 4.99 Å². The van der Waals surface area contributed by atoms with E-state index in [1.54, 1.807) is 0 Å². The van der Waals surface area contributed by atoms with Crippen LogP contribution in [-0.4, -0.2) is 25.5 Å². The van der Waals surface area contributed by atoms with E-state index in [0.717, 1.165) is 31.9 Å². The molecule has 0 atom stereocenters. The Kier molecular flexibility index (Phi) is 3.31. The van der Waals surface area contributed by atoms with Crippen molar-refractivity contribution in [3.05, 3.63) is 41.5 Å². The molecule has 3 nitrogen and oxygen atoms in total. The smallest absolute Gasteiger partial charge is 0.128 e.